The van der Waals surface area contributed by atoms with Gasteiger partial charge in [-0.05, 0) is 36.4 Å². The van der Waals surface area contributed by atoms with E-state index in [1.165, 1.54) is 36.4 Å². The van der Waals surface area contributed by atoms with Gasteiger partial charge < -0.3 is 5.11 Å². The third-order valence-electron chi connectivity index (χ3n) is 2.39. The Kier molecular flexibility index (Phi) is 4.49. The third kappa shape index (κ3) is 3.38. The van der Waals surface area contributed by atoms with E-state index in [2.05, 4.69) is 20.7 Å². The molecule has 2 aromatic rings. The Morgan fingerprint density at radius 2 is 1.55 bits per heavy atom. The zero-order chi connectivity index (χ0) is 14.9. The van der Waals surface area contributed by atoms with Crippen molar-refractivity contribution >= 4 is 54.8 Å². The molecule has 0 atom stereocenters. The number of hydrogen-bond donors (Lipinski definition) is 2. The van der Waals surface area contributed by atoms with E-state index in [9.17, 15) is 8.42 Å². The van der Waals surface area contributed by atoms with Crippen LogP contribution in [0, 0.1) is 0 Å². The fraction of sp³-hybridized carbons (Fsp3) is 0. The number of anilines is 1. The van der Waals surface area contributed by atoms with Gasteiger partial charge in [-0.2, -0.15) is 0 Å². The molecule has 0 radical (unpaired) electrons. The fourth-order valence-electron chi connectivity index (χ4n) is 1.46. The van der Waals surface area contributed by atoms with Gasteiger partial charge in [0, 0.05) is 4.47 Å². The zero-order valence-electron chi connectivity index (χ0n) is 9.77. The monoisotopic (exact) mass is 395 g/mol. The summed E-state index contributed by atoms with van der Waals surface area (Å²) in [5.41, 5.74) is 0.101. The Hall–Kier alpha value is -0.950. The van der Waals surface area contributed by atoms with E-state index in [4.69, 9.17) is 28.3 Å². The second-order valence-corrected chi connectivity index (χ2v) is 7.26. The molecule has 0 saturated heterocycles. The van der Waals surface area contributed by atoms with E-state index in [0.717, 1.165) is 0 Å². The predicted octanol–water partition coefficient (Wildman–Crippen LogP) is 4.26. The minimum atomic E-state index is -3.83. The molecule has 0 bridgehead atoms. The standard InChI is InChI=1S/C12H8BrCl2NO3S/c13-7-5-10(14)12(11(15)6-7)16-20(18,19)9-3-1-8(17)2-4-9/h1-6,16-17H. The van der Waals surface area contributed by atoms with Crippen LogP contribution in [0.1, 0.15) is 0 Å². The molecule has 2 aromatic carbocycles. The van der Waals surface area contributed by atoms with Gasteiger partial charge in [0.1, 0.15) is 5.75 Å². The first-order valence-electron chi connectivity index (χ1n) is 5.26. The molecule has 8 heteroatoms. The molecule has 0 saturated carbocycles. The van der Waals surface area contributed by atoms with Crippen molar-refractivity contribution in [2.24, 2.45) is 0 Å². The topological polar surface area (TPSA) is 66.4 Å². The summed E-state index contributed by atoms with van der Waals surface area (Å²) in [5, 5.41) is 9.51. The van der Waals surface area contributed by atoms with E-state index < -0.39 is 10.0 Å². The Morgan fingerprint density at radius 1 is 1.05 bits per heavy atom. The first kappa shape index (κ1) is 15.4. The predicted molar refractivity (Wildman–Crippen MR) is 83.1 cm³/mol. The lowest BCUT2D eigenvalue weighted by Gasteiger charge is -2.11. The van der Waals surface area contributed by atoms with Crippen molar-refractivity contribution in [3.63, 3.8) is 0 Å². The van der Waals surface area contributed by atoms with Crippen LogP contribution < -0.4 is 4.72 Å². The molecule has 0 amide bonds. The van der Waals surface area contributed by atoms with Gasteiger partial charge in [0.15, 0.2) is 0 Å². The van der Waals surface area contributed by atoms with Crippen molar-refractivity contribution in [2.75, 3.05) is 4.72 Å². The van der Waals surface area contributed by atoms with Crippen LogP contribution in [-0.4, -0.2) is 13.5 Å². The highest BCUT2D eigenvalue weighted by Gasteiger charge is 2.18. The number of nitrogens with one attached hydrogen (secondary N) is 1. The molecular weight excluding hydrogens is 389 g/mol. The SMILES string of the molecule is O=S(=O)(Nc1c(Cl)cc(Br)cc1Cl)c1ccc(O)cc1. The summed E-state index contributed by atoms with van der Waals surface area (Å²) in [5.74, 6) is -0.0244. The lowest BCUT2D eigenvalue weighted by Crippen LogP contribution is -2.13. The van der Waals surface area contributed by atoms with Crippen molar-refractivity contribution in [3.8, 4) is 5.75 Å². The number of rotatable bonds is 3. The van der Waals surface area contributed by atoms with E-state index in [1.54, 1.807) is 0 Å². The second-order valence-electron chi connectivity index (χ2n) is 3.84. The largest absolute Gasteiger partial charge is 0.508 e. The lowest BCUT2D eigenvalue weighted by atomic mass is 10.3. The molecular formula is C12H8BrCl2NO3S. The molecule has 0 aliphatic heterocycles. The molecule has 106 valence electrons. The zero-order valence-corrected chi connectivity index (χ0v) is 13.7. The van der Waals surface area contributed by atoms with Gasteiger partial charge >= 0.3 is 0 Å². The molecule has 0 unspecified atom stereocenters. The van der Waals surface area contributed by atoms with Crippen LogP contribution in [0.25, 0.3) is 0 Å². The van der Waals surface area contributed by atoms with Crippen LogP contribution in [0.5, 0.6) is 5.75 Å². The Morgan fingerprint density at radius 3 is 2.05 bits per heavy atom. The average molecular weight is 397 g/mol. The molecule has 0 fully saturated rings. The molecule has 4 nitrogen and oxygen atoms in total. The Bertz CT molecular complexity index is 725. The smallest absolute Gasteiger partial charge is 0.261 e. The molecule has 0 aliphatic carbocycles. The normalized spacial score (nSPS) is 11.3. The number of benzene rings is 2. The van der Waals surface area contributed by atoms with Crippen molar-refractivity contribution in [1.82, 2.24) is 0 Å². The van der Waals surface area contributed by atoms with Gasteiger partial charge in [-0.1, -0.05) is 39.1 Å². The second kappa shape index (κ2) is 5.81. The molecule has 20 heavy (non-hydrogen) atoms. The molecule has 0 heterocycles. The lowest BCUT2D eigenvalue weighted by molar-refractivity contribution is 0.475. The number of aromatic hydroxyl groups is 1. The van der Waals surface area contributed by atoms with Crippen LogP contribution in [-0.2, 0) is 10.0 Å². The van der Waals surface area contributed by atoms with Crippen LogP contribution in [0.3, 0.4) is 0 Å². The van der Waals surface area contributed by atoms with Crippen LogP contribution in [0.15, 0.2) is 45.8 Å². The number of halogens is 3. The minimum Gasteiger partial charge on any atom is -0.508 e. The minimum absolute atomic E-state index is 0.00893. The number of phenolic OH excluding ortho intramolecular Hbond substituents is 1. The number of hydrogen-bond acceptors (Lipinski definition) is 3. The Balaban J connectivity index is 2.41. The highest BCUT2D eigenvalue weighted by Crippen LogP contribution is 2.35. The third-order valence-corrected chi connectivity index (χ3v) is 4.81. The van der Waals surface area contributed by atoms with Gasteiger partial charge in [0.25, 0.3) is 10.0 Å². The Labute approximate surface area is 134 Å². The van der Waals surface area contributed by atoms with Gasteiger partial charge in [0.2, 0.25) is 0 Å². The van der Waals surface area contributed by atoms with Crippen molar-refractivity contribution in [3.05, 3.63) is 50.9 Å². The molecule has 0 spiro atoms. The summed E-state index contributed by atoms with van der Waals surface area (Å²) < 4.78 is 27.3. The van der Waals surface area contributed by atoms with Crippen molar-refractivity contribution in [2.45, 2.75) is 4.90 Å². The van der Waals surface area contributed by atoms with E-state index in [0.29, 0.717) is 4.47 Å². The highest BCUT2D eigenvalue weighted by atomic mass is 79.9. The molecule has 0 aromatic heterocycles. The van der Waals surface area contributed by atoms with Gasteiger partial charge in [-0.25, -0.2) is 8.42 Å². The molecule has 2 N–H and O–H groups in total. The van der Waals surface area contributed by atoms with Gasteiger partial charge in [-0.15, -0.1) is 0 Å². The number of sulfonamides is 1. The van der Waals surface area contributed by atoms with E-state index in [1.807, 2.05) is 0 Å². The van der Waals surface area contributed by atoms with E-state index in [-0.39, 0.29) is 26.4 Å². The van der Waals surface area contributed by atoms with Gasteiger partial charge in [-0.3, -0.25) is 4.72 Å². The first-order chi connectivity index (χ1) is 9.29. The summed E-state index contributed by atoms with van der Waals surface area (Å²) >= 11 is 15.2. The highest BCUT2D eigenvalue weighted by molar-refractivity contribution is 9.10. The van der Waals surface area contributed by atoms with Gasteiger partial charge in [0.05, 0.1) is 20.6 Å². The summed E-state index contributed by atoms with van der Waals surface area (Å²) in [4.78, 5) is -0.00893. The maximum absolute atomic E-state index is 12.2. The van der Waals surface area contributed by atoms with Crippen LogP contribution in [0.2, 0.25) is 10.0 Å². The quantitative estimate of drug-likeness (QED) is 0.814. The maximum atomic E-state index is 12.2. The van der Waals surface area contributed by atoms with Crippen molar-refractivity contribution in [1.29, 1.82) is 0 Å². The van der Waals surface area contributed by atoms with Crippen LogP contribution >= 0.6 is 39.1 Å². The van der Waals surface area contributed by atoms with E-state index >= 15 is 0 Å². The summed E-state index contributed by atoms with van der Waals surface area (Å²) in [7, 11) is -3.83. The molecule has 0 aliphatic rings. The first-order valence-corrected chi connectivity index (χ1v) is 8.29. The fourth-order valence-corrected chi connectivity index (χ4v) is 3.97. The number of phenols is 1. The average Bonchev–Trinajstić information content (AvgIpc) is 2.34. The maximum Gasteiger partial charge on any atom is 0.261 e. The van der Waals surface area contributed by atoms with Crippen molar-refractivity contribution < 1.29 is 13.5 Å². The molecule has 2 rings (SSSR count). The summed E-state index contributed by atoms with van der Waals surface area (Å²) in [6.07, 6.45) is 0. The van der Waals surface area contributed by atoms with Crippen LogP contribution in [0.4, 0.5) is 5.69 Å². The summed E-state index contributed by atoms with van der Waals surface area (Å²) in [6, 6.07) is 8.17. The summed E-state index contributed by atoms with van der Waals surface area (Å²) in [6.45, 7) is 0.